The zero-order valence-electron chi connectivity index (χ0n) is 15.9. The molecular weight excluding hydrogens is 340 g/mol. The highest BCUT2D eigenvalue weighted by atomic mass is 16.5. The molecule has 1 unspecified atom stereocenters. The quantitative estimate of drug-likeness (QED) is 0.820. The van der Waals surface area contributed by atoms with Gasteiger partial charge in [0.25, 0.3) is 0 Å². The van der Waals surface area contributed by atoms with Crippen LogP contribution in [0.3, 0.4) is 0 Å². The van der Waals surface area contributed by atoms with Crippen LogP contribution in [0.15, 0.2) is 48.5 Å². The van der Waals surface area contributed by atoms with Gasteiger partial charge in [0, 0.05) is 26.1 Å². The first-order valence-electron chi connectivity index (χ1n) is 9.29. The second kappa shape index (κ2) is 8.71. The number of hydrogen-bond acceptors (Lipinski definition) is 3. The standard InChI is InChI=1S/C22H26N2O3/c1-16-4-3-5-18(12-16)14-24-15-19(13-21(24)25)22(26)23-11-10-17-6-8-20(27-2)9-7-17/h3-9,12,19H,10-11,13-15H2,1-2H3,(H,23,26). The molecule has 1 atom stereocenters. The summed E-state index contributed by atoms with van der Waals surface area (Å²) in [5.41, 5.74) is 3.41. The summed E-state index contributed by atoms with van der Waals surface area (Å²) in [5, 5.41) is 2.97. The number of nitrogens with one attached hydrogen (secondary N) is 1. The Morgan fingerprint density at radius 1 is 1.19 bits per heavy atom. The SMILES string of the molecule is COc1ccc(CCNC(=O)C2CC(=O)N(Cc3cccc(C)c3)C2)cc1. The molecule has 1 aliphatic rings. The van der Waals surface area contributed by atoms with E-state index in [-0.39, 0.29) is 17.7 Å². The van der Waals surface area contributed by atoms with E-state index < -0.39 is 0 Å². The maximum absolute atomic E-state index is 12.4. The van der Waals surface area contributed by atoms with Crippen LogP contribution in [0.1, 0.15) is 23.1 Å². The number of hydrogen-bond donors (Lipinski definition) is 1. The number of methoxy groups -OCH3 is 1. The van der Waals surface area contributed by atoms with Crippen molar-refractivity contribution in [3.63, 3.8) is 0 Å². The van der Waals surface area contributed by atoms with E-state index in [2.05, 4.69) is 11.4 Å². The number of likely N-dealkylation sites (tertiary alicyclic amines) is 1. The fourth-order valence-electron chi connectivity index (χ4n) is 3.40. The summed E-state index contributed by atoms with van der Waals surface area (Å²) < 4.78 is 5.14. The van der Waals surface area contributed by atoms with Crippen LogP contribution in [0, 0.1) is 12.8 Å². The molecule has 1 aliphatic heterocycles. The predicted molar refractivity (Wildman–Crippen MR) is 104 cm³/mol. The summed E-state index contributed by atoms with van der Waals surface area (Å²) in [5.74, 6) is 0.564. The summed E-state index contributed by atoms with van der Waals surface area (Å²) in [4.78, 5) is 26.5. The van der Waals surface area contributed by atoms with E-state index in [1.54, 1.807) is 12.0 Å². The van der Waals surface area contributed by atoms with E-state index in [1.165, 1.54) is 5.56 Å². The second-order valence-corrected chi connectivity index (χ2v) is 7.05. The molecule has 2 aromatic carbocycles. The van der Waals surface area contributed by atoms with Crippen molar-refractivity contribution in [1.82, 2.24) is 10.2 Å². The fraction of sp³-hybridized carbons (Fsp3) is 0.364. The summed E-state index contributed by atoms with van der Waals surface area (Å²) in [6, 6.07) is 15.9. The third-order valence-electron chi connectivity index (χ3n) is 4.91. The molecule has 5 nitrogen and oxygen atoms in total. The molecule has 2 aromatic rings. The molecule has 0 radical (unpaired) electrons. The van der Waals surface area contributed by atoms with Gasteiger partial charge in [0.2, 0.25) is 11.8 Å². The normalized spacial score (nSPS) is 16.4. The first kappa shape index (κ1) is 19.0. The number of aryl methyl sites for hydroxylation is 1. The summed E-state index contributed by atoms with van der Waals surface area (Å²) >= 11 is 0. The largest absolute Gasteiger partial charge is 0.497 e. The van der Waals surface area contributed by atoms with Crippen molar-refractivity contribution in [2.75, 3.05) is 20.2 Å². The van der Waals surface area contributed by atoms with Crippen LogP contribution in [-0.2, 0) is 22.6 Å². The lowest BCUT2D eigenvalue weighted by atomic mass is 10.1. The van der Waals surface area contributed by atoms with Crippen LogP contribution in [0.2, 0.25) is 0 Å². The lowest BCUT2D eigenvalue weighted by Gasteiger charge is -2.17. The first-order chi connectivity index (χ1) is 13.0. The Labute approximate surface area is 160 Å². The number of carbonyl (C=O) groups is 2. The van der Waals surface area contributed by atoms with Crippen LogP contribution in [0.5, 0.6) is 5.75 Å². The van der Waals surface area contributed by atoms with Gasteiger partial charge in [-0.2, -0.15) is 0 Å². The molecule has 0 spiro atoms. The van der Waals surface area contributed by atoms with Crippen molar-refractivity contribution < 1.29 is 14.3 Å². The Hall–Kier alpha value is -2.82. The minimum absolute atomic E-state index is 0.0383. The Morgan fingerprint density at radius 2 is 1.96 bits per heavy atom. The number of benzene rings is 2. The molecule has 0 aliphatic carbocycles. The van der Waals surface area contributed by atoms with E-state index in [1.807, 2.05) is 49.4 Å². The van der Waals surface area contributed by atoms with E-state index in [9.17, 15) is 9.59 Å². The van der Waals surface area contributed by atoms with Crippen molar-refractivity contribution >= 4 is 11.8 Å². The fourth-order valence-corrected chi connectivity index (χ4v) is 3.40. The number of rotatable bonds is 7. The van der Waals surface area contributed by atoms with Crippen LogP contribution >= 0.6 is 0 Å². The maximum atomic E-state index is 12.4. The lowest BCUT2D eigenvalue weighted by molar-refractivity contribution is -0.129. The monoisotopic (exact) mass is 366 g/mol. The summed E-state index contributed by atoms with van der Waals surface area (Å²) in [6.07, 6.45) is 1.05. The topological polar surface area (TPSA) is 58.6 Å². The van der Waals surface area contributed by atoms with Gasteiger partial charge in [-0.1, -0.05) is 42.0 Å². The Bertz CT molecular complexity index is 801. The Morgan fingerprint density at radius 3 is 2.67 bits per heavy atom. The van der Waals surface area contributed by atoms with Gasteiger partial charge in [-0.05, 0) is 36.6 Å². The highest BCUT2D eigenvalue weighted by Gasteiger charge is 2.33. The predicted octanol–water partition coefficient (Wildman–Crippen LogP) is 2.71. The number of nitrogens with zero attached hydrogens (tertiary/aromatic N) is 1. The van der Waals surface area contributed by atoms with Crippen LogP contribution in [-0.4, -0.2) is 36.9 Å². The average Bonchev–Trinajstić information content (AvgIpc) is 3.03. The van der Waals surface area contributed by atoms with Crippen molar-refractivity contribution in [2.45, 2.75) is 26.3 Å². The third kappa shape index (κ3) is 5.09. The molecule has 0 aromatic heterocycles. The Kier molecular flexibility index (Phi) is 6.12. The third-order valence-corrected chi connectivity index (χ3v) is 4.91. The smallest absolute Gasteiger partial charge is 0.225 e. The second-order valence-electron chi connectivity index (χ2n) is 7.05. The Balaban J connectivity index is 1.46. The minimum atomic E-state index is -0.266. The van der Waals surface area contributed by atoms with Gasteiger partial charge in [0.15, 0.2) is 0 Å². The molecule has 2 amide bonds. The van der Waals surface area contributed by atoms with E-state index >= 15 is 0 Å². The highest BCUT2D eigenvalue weighted by molar-refractivity contribution is 5.89. The summed E-state index contributed by atoms with van der Waals surface area (Å²) in [6.45, 7) is 3.65. The van der Waals surface area contributed by atoms with E-state index in [0.717, 1.165) is 23.3 Å². The zero-order chi connectivity index (χ0) is 19.2. The van der Waals surface area contributed by atoms with Gasteiger partial charge in [0.1, 0.15) is 5.75 Å². The molecule has 3 rings (SSSR count). The number of amides is 2. The molecule has 1 fully saturated rings. The maximum Gasteiger partial charge on any atom is 0.225 e. The first-order valence-corrected chi connectivity index (χ1v) is 9.29. The summed E-state index contributed by atoms with van der Waals surface area (Å²) in [7, 11) is 1.64. The molecule has 5 heteroatoms. The van der Waals surface area contributed by atoms with Crippen molar-refractivity contribution in [2.24, 2.45) is 5.92 Å². The van der Waals surface area contributed by atoms with Gasteiger partial charge in [0.05, 0.1) is 13.0 Å². The van der Waals surface area contributed by atoms with Crippen LogP contribution in [0.4, 0.5) is 0 Å². The van der Waals surface area contributed by atoms with Gasteiger partial charge >= 0.3 is 0 Å². The minimum Gasteiger partial charge on any atom is -0.497 e. The van der Waals surface area contributed by atoms with Gasteiger partial charge in [-0.3, -0.25) is 9.59 Å². The average molecular weight is 366 g/mol. The van der Waals surface area contributed by atoms with Gasteiger partial charge < -0.3 is 15.0 Å². The molecular formula is C22H26N2O3. The number of ether oxygens (including phenoxy) is 1. The zero-order valence-corrected chi connectivity index (χ0v) is 15.9. The van der Waals surface area contributed by atoms with Crippen molar-refractivity contribution in [1.29, 1.82) is 0 Å². The molecule has 142 valence electrons. The molecule has 1 heterocycles. The van der Waals surface area contributed by atoms with Crippen LogP contribution in [0.25, 0.3) is 0 Å². The van der Waals surface area contributed by atoms with E-state index in [0.29, 0.717) is 26.1 Å². The van der Waals surface area contributed by atoms with Gasteiger partial charge in [-0.25, -0.2) is 0 Å². The molecule has 1 saturated heterocycles. The van der Waals surface area contributed by atoms with Crippen LogP contribution < -0.4 is 10.1 Å². The lowest BCUT2D eigenvalue weighted by Crippen LogP contribution is -2.34. The molecule has 1 N–H and O–H groups in total. The van der Waals surface area contributed by atoms with Crippen molar-refractivity contribution in [3.8, 4) is 5.75 Å². The molecule has 27 heavy (non-hydrogen) atoms. The van der Waals surface area contributed by atoms with E-state index in [4.69, 9.17) is 4.74 Å². The molecule has 0 saturated carbocycles. The van der Waals surface area contributed by atoms with Crippen molar-refractivity contribution in [3.05, 3.63) is 65.2 Å². The molecule has 0 bridgehead atoms. The van der Waals surface area contributed by atoms with Gasteiger partial charge in [-0.15, -0.1) is 0 Å². The number of carbonyl (C=O) groups excluding carboxylic acids is 2. The highest BCUT2D eigenvalue weighted by Crippen LogP contribution is 2.21.